The molecule has 0 aromatic heterocycles. The number of benzene rings is 2. The Labute approximate surface area is 334 Å². The molecule has 0 aliphatic carbocycles. The number of hydrogen-bond acceptors (Lipinski definition) is 13. The van der Waals surface area contributed by atoms with E-state index in [9.17, 15) is 19.2 Å². The maximum Gasteiger partial charge on any atom is 0.266 e. The van der Waals surface area contributed by atoms with Crippen molar-refractivity contribution in [1.29, 1.82) is 0 Å². The minimum atomic E-state index is -0.235. The van der Waals surface area contributed by atoms with Crippen LogP contribution in [0.15, 0.2) is 46.2 Å². The monoisotopic (exact) mass is 813 g/mol. The minimum absolute atomic E-state index is 0.0449. The standard InChI is InChI=1S/C37H43N5O8S4/c1-47-26-9-7-24(20-28(26)49-3)22-30-34(45)41(36(51)53-30)13-5-6-33(44)40-18-16-39(17-19-40)15-12-38-32(43)11-14-42-35(46)31(54-37(42)52)23-25-8-10-27(48-2)29(21-25)50-4/h7-10,20-23H,5-6,11-19H2,1-4H3,(H,38,43)/b30-22-,31-23+. The molecule has 3 aliphatic rings. The maximum atomic E-state index is 13.1. The molecule has 0 unspecified atom stereocenters. The largest absolute Gasteiger partial charge is 0.493 e. The van der Waals surface area contributed by atoms with Crippen molar-refractivity contribution in [2.75, 3.05) is 80.8 Å². The molecule has 0 atom stereocenters. The molecule has 0 spiro atoms. The van der Waals surface area contributed by atoms with Crippen LogP contribution in [0, 0.1) is 0 Å². The van der Waals surface area contributed by atoms with Crippen molar-refractivity contribution in [2.45, 2.75) is 19.3 Å². The Kier molecular flexibility index (Phi) is 14.8. The molecule has 3 aliphatic heterocycles. The number of nitrogens with zero attached hydrogens (tertiary/aromatic N) is 4. The van der Waals surface area contributed by atoms with E-state index in [2.05, 4.69) is 10.2 Å². The summed E-state index contributed by atoms with van der Waals surface area (Å²) in [7, 11) is 6.23. The molecule has 3 saturated heterocycles. The SMILES string of the molecule is COc1ccc(/C=C2\SC(=S)N(CCCC(=O)N3CCN(CCNC(=O)CCN4C(=O)/C(=C\c5ccc(OC)c(OC)c5)SC4=S)CC3)C2=O)cc1OC. The van der Waals surface area contributed by atoms with Gasteiger partial charge in [0.1, 0.15) is 8.64 Å². The first kappa shape index (κ1) is 41.0. The quantitative estimate of drug-likeness (QED) is 0.192. The van der Waals surface area contributed by atoms with Gasteiger partial charge in [0.15, 0.2) is 23.0 Å². The molecule has 2 aromatic carbocycles. The highest BCUT2D eigenvalue weighted by Gasteiger charge is 2.33. The van der Waals surface area contributed by atoms with E-state index >= 15 is 0 Å². The van der Waals surface area contributed by atoms with Crippen LogP contribution in [0.1, 0.15) is 30.4 Å². The van der Waals surface area contributed by atoms with E-state index < -0.39 is 0 Å². The van der Waals surface area contributed by atoms with Crippen LogP contribution in [-0.4, -0.2) is 133 Å². The molecule has 54 heavy (non-hydrogen) atoms. The van der Waals surface area contributed by atoms with Gasteiger partial charge in [-0.15, -0.1) is 0 Å². The number of nitrogens with one attached hydrogen (secondary N) is 1. The van der Waals surface area contributed by atoms with Crippen molar-refractivity contribution in [3.05, 3.63) is 57.3 Å². The first-order chi connectivity index (χ1) is 26.0. The lowest BCUT2D eigenvalue weighted by atomic mass is 10.2. The van der Waals surface area contributed by atoms with Crippen LogP contribution in [0.25, 0.3) is 12.2 Å². The molecule has 17 heteroatoms. The molecule has 2 aromatic rings. The molecular formula is C37H43N5O8S4. The Morgan fingerprint density at radius 2 is 1.20 bits per heavy atom. The summed E-state index contributed by atoms with van der Waals surface area (Å²) in [5.74, 6) is 1.79. The van der Waals surface area contributed by atoms with Gasteiger partial charge < -0.3 is 29.2 Å². The average Bonchev–Trinajstić information content (AvgIpc) is 3.60. The molecule has 0 radical (unpaired) electrons. The van der Waals surface area contributed by atoms with E-state index in [1.54, 1.807) is 69.8 Å². The summed E-state index contributed by atoms with van der Waals surface area (Å²) in [5.41, 5.74) is 1.56. The normalized spacial score (nSPS) is 17.9. The lowest BCUT2D eigenvalue weighted by Gasteiger charge is -2.35. The minimum Gasteiger partial charge on any atom is -0.493 e. The van der Waals surface area contributed by atoms with Crippen LogP contribution in [-0.2, 0) is 19.2 Å². The number of hydrogen-bond donors (Lipinski definition) is 1. The van der Waals surface area contributed by atoms with Crippen molar-refractivity contribution in [3.8, 4) is 23.0 Å². The summed E-state index contributed by atoms with van der Waals surface area (Å²) in [6.07, 6.45) is 4.47. The molecule has 288 valence electrons. The van der Waals surface area contributed by atoms with Gasteiger partial charge in [-0.1, -0.05) is 60.1 Å². The van der Waals surface area contributed by atoms with Gasteiger partial charge >= 0.3 is 0 Å². The molecule has 1 N–H and O–H groups in total. The number of piperazine rings is 1. The second kappa shape index (κ2) is 19.4. The second-order valence-electron chi connectivity index (χ2n) is 12.3. The number of amides is 4. The fraction of sp³-hybridized carbons (Fsp3) is 0.405. The van der Waals surface area contributed by atoms with Gasteiger partial charge in [0.25, 0.3) is 11.8 Å². The number of thiocarbonyl (C=S) groups is 2. The predicted octanol–water partition coefficient (Wildman–Crippen LogP) is 4.25. The third kappa shape index (κ3) is 10.3. The molecular weight excluding hydrogens is 771 g/mol. The zero-order valence-electron chi connectivity index (χ0n) is 30.6. The number of ether oxygens (including phenoxy) is 4. The molecule has 5 rings (SSSR count). The summed E-state index contributed by atoms with van der Waals surface area (Å²) < 4.78 is 22.2. The van der Waals surface area contributed by atoms with Crippen LogP contribution in [0.4, 0.5) is 0 Å². The fourth-order valence-electron chi connectivity index (χ4n) is 6.00. The molecule has 13 nitrogen and oxygen atoms in total. The Balaban J connectivity index is 0.973. The number of methoxy groups -OCH3 is 4. The van der Waals surface area contributed by atoms with Gasteiger partial charge in [-0.05, 0) is 54.0 Å². The second-order valence-corrected chi connectivity index (χ2v) is 15.7. The molecule has 4 amide bonds. The van der Waals surface area contributed by atoms with E-state index in [1.165, 1.54) is 28.4 Å². The lowest BCUT2D eigenvalue weighted by Crippen LogP contribution is -2.50. The van der Waals surface area contributed by atoms with Crippen molar-refractivity contribution >= 4 is 92.4 Å². The molecule has 0 saturated carbocycles. The van der Waals surface area contributed by atoms with Gasteiger partial charge in [-0.2, -0.15) is 0 Å². The maximum absolute atomic E-state index is 13.1. The predicted molar refractivity (Wildman–Crippen MR) is 219 cm³/mol. The van der Waals surface area contributed by atoms with Crippen LogP contribution in [0.3, 0.4) is 0 Å². The van der Waals surface area contributed by atoms with E-state index in [0.717, 1.165) is 11.1 Å². The molecule has 3 fully saturated rings. The van der Waals surface area contributed by atoms with E-state index in [4.69, 9.17) is 43.4 Å². The van der Waals surface area contributed by atoms with Gasteiger partial charge in [-0.3, -0.25) is 33.9 Å². The Morgan fingerprint density at radius 1 is 0.704 bits per heavy atom. The highest BCUT2D eigenvalue weighted by Crippen LogP contribution is 2.36. The van der Waals surface area contributed by atoms with Crippen LogP contribution >= 0.6 is 48.0 Å². The summed E-state index contributed by atoms with van der Waals surface area (Å²) in [6.45, 7) is 4.23. The van der Waals surface area contributed by atoms with E-state index in [0.29, 0.717) is 100 Å². The number of thioether (sulfide) groups is 2. The van der Waals surface area contributed by atoms with Crippen molar-refractivity contribution < 1.29 is 38.1 Å². The first-order valence-electron chi connectivity index (χ1n) is 17.3. The van der Waals surface area contributed by atoms with Gasteiger partial charge in [0, 0.05) is 65.2 Å². The van der Waals surface area contributed by atoms with Crippen molar-refractivity contribution in [1.82, 2.24) is 24.9 Å². The third-order valence-electron chi connectivity index (χ3n) is 8.97. The van der Waals surface area contributed by atoms with Crippen molar-refractivity contribution in [2.24, 2.45) is 0 Å². The van der Waals surface area contributed by atoms with Gasteiger partial charge in [-0.25, -0.2) is 0 Å². The lowest BCUT2D eigenvalue weighted by molar-refractivity contribution is -0.133. The summed E-state index contributed by atoms with van der Waals surface area (Å²) in [4.78, 5) is 59.8. The zero-order chi connectivity index (χ0) is 38.8. The molecule has 3 heterocycles. The third-order valence-corrected chi connectivity index (χ3v) is 11.7. The van der Waals surface area contributed by atoms with Gasteiger partial charge in [0.2, 0.25) is 11.8 Å². The summed E-state index contributed by atoms with van der Waals surface area (Å²) in [5, 5.41) is 2.93. The Bertz CT molecular complexity index is 1850. The van der Waals surface area contributed by atoms with E-state index in [-0.39, 0.29) is 36.6 Å². The topological polar surface area (TPSA) is 130 Å². The average molecular weight is 814 g/mol. The van der Waals surface area contributed by atoms with E-state index in [1.807, 2.05) is 17.0 Å². The Morgan fingerprint density at radius 3 is 1.70 bits per heavy atom. The highest BCUT2D eigenvalue weighted by atomic mass is 32.2. The smallest absolute Gasteiger partial charge is 0.266 e. The Hall–Kier alpha value is -4.16. The summed E-state index contributed by atoms with van der Waals surface area (Å²) >= 11 is 13.4. The fourth-order valence-corrected chi connectivity index (χ4v) is 8.61. The van der Waals surface area contributed by atoms with Crippen molar-refractivity contribution in [3.63, 3.8) is 0 Å². The number of carbonyl (C=O) groups excluding carboxylic acids is 4. The molecule has 0 bridgehead atoms. The first-order valence-corrected chi connectivity index (χ1v) is 19.7. The highest BCUT2D eigenvalue weighted by molar-refractivity contribution is 8.27. The van der Waals surface area contributed by atoms with Crippen LogP contribution < -0.4 is 24.3 Å². The van der Waals surface area contributed by atoms with Crippen LogP contribution in [0.5, 0.6) is 23.0 Å². The number of carbonyl (C=O) groups is 4. The van der Waals surface area contributed by atoms with Crippen LogP contribution in [0.2, 0.25) is 0 Å². The summed E-state index contributed by atoms with van der Waals surface area (Å²) in [6, 6.07) is 10.8. The van der Waals surface area contributed by atoms with Gasteiger partial charge in [0.05, 0.1) is 38.2 Å². The number of rotatable bonds is 16. The zero-order valence-corrected chi connectivity index (χ0v) is 33.9.